The highest BCUT2D eigenvalue weighted by Gasteiger charge is 2.20. The number of benzene rings is 2. The largest absolute Gasteiger partial charge is 0.497 e. The third-order valence-electron chi connectivity index (χ3n) is 3.54. The minimum Gasteiger partial charge on any atom is -0.497 e. The lowest BCUT2D eigenvalue weighted by Gasteiger charge is -2.07. The van der Waals surface area contributed by atoms with Crippen LogP contribution >= 0.6 is 0 Å². The number of nitro benzene ring substituents is 1. The molecule has 0 unspecified atom stereocenters. The van der Waals surface area contributed by atoms with E-state index in [0.717, 1.165) is 12.1 Å². The van der Waals surface area contributed by atoms with Crippen LogP contribution in [0.3, 0.4) is 0 Å². The van der Waals surface area contributed by atoms with Crippen LogP contribution in [-0.2, 0) is 14.8 Å². The summed E-state index contributed by atoms with van der Waals surface area (Å²) in [6, 6.07) is 10.3. The van der Waals surface area contributed by atoms with E-state index < -0.39 is 20.9 Å². The van der Waals surface area contributed by atoms with Crippen molar-refractivity contribution in [2.45, 2.75) is 11.8 Å². The molecule has 0 radical (unpaired) electrons. The molecule has 27 heavy (non-hydrogen) atoms. The van der Waals surface area contributed by atoms with Gasteiger partial charge in [0.2, 0.25) is 0 Å². The van der Waals surface area contributed by atoms with E-state index in [2.05, 4.69) is 0 Å². The molecule has 142 valence electrons. The lowest BCUT2D eigenvalue weighted by Crippen LogP contribution is -2.40. The average Bonchev–Trinajstić information content (AvgIpc) is 2.65. The molecule has 0 atom stereocenters. The van der Waals surface area contributed by atoms with E-state index in [1.807, 2.05) is 10.3 Å². The Kier molecular flexibility index (Phi) is 6.27. The Morgan fingerprint density at radius 2 is 1.85 bits per heavy atom. The molecule has 2 aromatic rings. The Labute approximate surface area is 155 Å². The molecule has 0 aromatic heterocycles. The first-order valence-electron chi connectivity index (χ1n) is 7.62. The average molecular weight is 391 g/mol. The molecule has 9 nitrogen and oxygen atoms in total. The molecule has 0 spiro atoms. The van der Waals surface area contributed by atoms with E-state index in [-0.39, 0.29) is 10.6 Å². The molecule has 10 heteroatoms. The fourth-order valence-corrected chi connectivity index (χ4v) is 2.92. The Morgan fingerprint density at radius 1 is 1.19 bits per heavy atom. The Bertz CT molecular complexity index is 984. The molecule has 0 saturated heterocycles. The second-order valence-electron chi connectivity index (χ2n) is 5.41. The van der Waals surface area contributed by atoms with Gasteiger partial charge >= 0.3 is 0 Å². The van der Waals surface area contributed by atoms with Crippen molar-refractivity contribution >= 4 is 27.7 Å². The maximum atomic E-state index is 12.2. The quantitative estimate of drug-likeness (QED) is 0.422. The molecule has 0 aliphatic carbocycles. The first-order valence-corrected chi connectivity index (χ1v) is 9.10. The van der Waals surface area contributed by atoms with Crippen LogP contribution in [0.15, 0.2) is 53.4 Å². The number of amides is 1. The normalized spacial score (nSPS) is 11.3. The molecular weight excluding hydrogens is 374 g/mol. The van der Waals surface area contributed by atoms with E-state index >= 15 is 0 Å². The molecule has 2 rings (SSSR count). The molecule has 1 amide bonds. The highest BCUT2D eigenvalue weighted by atomic mass is 32.2. The van der Waals surface area contributed by atoms with Crippen molar-refractivity contribution < 1.29 is 22.9 Å². The number of methoxy groups -OCH3 is 1. The summed E-state index contributed by atoms with van der Waals surface area (Å²) in [7, 11) is -2.62. The Hall–Kier alpha value is -3.24. The van der Waals surface area contributed by atoms with Crippen LogP contribution in [0.2, 0.25) is 0 Å². The van der Waals surface area contributed by atoms with Gasteiger partial charge in [-0.05, 0) is 36.8 Å². The SMILES string of the molecule is COc1ccc(/C=C/C(=O)NNS(=O)(=O)c2ccc(C)c([N+](=O)[O-])c2)cc1. The fraction of sp³-hybridized carbons (Fsp3) is 0.118. The van der Waals surface area contributed by atoms with Crippen molar-refractivity contribution in [3.05, 3.63) is 69.8 Å². The van der Waals surface area contributed by atoms with Crippen LogP contribution in [0.1, 0.15) is 11.1 Å². The summed E-state index contributed by atoms with van der Waals surface area (Å²) in [5.41, 5.74) is 2.72. The fourth-order valence-electron chi connectivity index (χ4n) is 2.06. The van der Waals surface area contributed by atoms with Crippen LogP contribution in [0, 0.1) is 17.0 Å². The van der Waals surface area contributed by atoms with Gasteiger partial charge in [-0.1, -0.05) is 18.2 Å². The molecule has 2 N–H and O–H groups in total. The van der Waals surface area contributed by atoms with Gasteiger partial charge in [0.1, 0.15) is 5.75 Å². The number of nitrogens with zero attached hydrogens (tertiary/aromatic N) is 1. The molecule has 0 aliphatic heterocycles. The van der Waals surface area contributed by atoms with E-state index in [1.54, 1.807) is 24.3 Å². The second-order valence-corrected chi connectivity index (χ2v) is 7.09. The van der Waals surface area contributed by atoms with Gasteiger partial charge in [0, 0.05) is 17.7 Å². The van der Waals surface area contributed by atoms with Gasteiger partial charge in [0.15, 0.2) is 0 Å². The number of hydrazine groups is 1. The zero-order valence-corrected chi connectivity index (χ0v) is 15.3. The number of aryl methyl sites for hydroxylation is 1. The van der Waals surface area contributed by atoms with Crippen molar-refractivity contribution in [1.82, 2.24) is 10.3 Å². The summed E-state index contributed by atoms with van der Waals surface area (Å²) in [6.45, 7) is 1.49. The third-order valence-corrected chi connectivity index (χ3v) is 4.78. The van der Waals surface area contributed by atoms with Crippen LogP contribution < -0.4 is 15.0 Å². The lowest BCUT2D eigenvalue weighted by molar-refractivity contribution is -0.385. The van der Waals surface area contributed by atoms with Crippen molar-refractivity contribution in [3.63, 3.8) is 0 Å². The minimum absolute atomic E-state index is 0.324. The topological polar surface area (TPSA) is 128 Å². The van der Waals surface area contributed by atoms with Gasteiger partial charge in [0.05, 0.1) is 16.9 Å². The highest BCUT2D eigenvalue weighted by Crippen LogP contribution is 2.21. The monoisotopic (exact) mass is 391 g/mol. The smallest absolute Gasteiger partial charge is 0.273 e. The first-order chi connectivity index (χ1) is 12.7. The molecule has 0 fully saturated rings. The summed E-state index contributed by atoms with van der Waals surface area (Å²) in [5.74, 6) is -0.0486. The van der Waals surface area contributed by atoms with Gasteiger partial charge in [0.25, 0.3) is 21.6 Å². The van der Waals surface area contributed by atoms with E-state index in [9.17, 15) is 23.3 Å². The van der Waals surface area contributed by atoms with Crippen molar-refractivity contribution in [2.75, 3.05) is 7.11 Å². The van der Waals surface area contributed by atoms with Gasteiger partial charge in [-0.25, -0.2) is 8.42 Å². The zero-order chi connectivity index (χ0) is 20.0. The van der Waals surface area contributed by atoms with E-state index in [1.165, 1.54) is 32.2 Å². The number of carbonyl (C=O) groups excluding carboxylic acids is 1. The number of nitro groups is 1. The summed E-state index contributed by atoms with van der Waals surface area (Å²) in [4.78, 5) is 23.6. The molecule has 0 heterocycles. The Morgan fingerprint density at radius 3 is 2.44 bits per heavy atom. The number of rotatable bonds is 7. The number of ether oxygens (including phenoxy) is 1. The lowest BCUT2D eigenvalue weighted by atomic mass is 10.2. The maximum absolute atomic E-state index is 12.2. The van der Waals surface area contributed by atoms with Gasteiger partial charge in [-0.2, -0.15) is 0 Å². The van der Waals surface area contributed by atoms with Gasteiger partial charge in [-0.3, -0.25) is 20.3 Å². The number of hydrogen-bond donors (Lipinski definition) is 2. The number of sulfonamides is 1. The van der Waals surface area contributed by atoms with Crippen molar-refractivity contribution in [3.8, 4) is 5.75 Å². The summed E-state index contributed by atoms with van der Waals surface area (Å²) in [6.07, 6.45) is 2.63. The molecule has 0 saturated carbocycles. The number of hydrogen-bond acceptors (Lipinski definition) is 6. The summed E-state index contributed by atoms with van der Waals surface area (Å²) >= 11 is 0. The maximum Gasteiger partial charge on any atom is 0.273 e. The van der Waals surface area contributed by atoms with Crippen LogP contribution in [0.4, 0.5) is 5.69 Å². The van der Waals surface area contributed by atoms with E-state index in [4.69, 9.17) is 4.74 Å². The number of carbonyl (C=O) groups is 1. The van der Waals surface area contributed by atoms with Gasteiger partial charge < -0.3 is 4.74 Å². The minimum atomic E-state index is -4.16. The predicted molar refractivity (Wildman–Crippen MR) is 98.3 cm³/mol. The summed E-state index contributed by atoms with van der Waals surface area (Å²) < 4.78 is 29.4. The molecular formula is C17H17N3O6S. The molecule has 2 aromatic carbocycles. The zero-order valence-electron chi connectivity index (χ0n) is 14.5. The van der Waals surface area contributed by atoms with E-state index in [0.29, 0.717) is 16.9 Å². The van der Waals surface area contributed by atoms with Gasteiger partial charge in [-0.15, -0.1) is 4.83 Å². The van der Waals surface area contributed by atoms with Crippen LogP contribution in [0.25, 0.3) is 6.08 Å². The molecule has 0 bridgehead atoms. The van der Waals surface area contributed by atoms with Crippen molar-refractivity contribution in [2.24, 2.45) is 0 Å². The first kappa shape index (κ1) is 20.1. The predicted octanol–water partition coefficient (Wildman–Crippen LogP) is 1.93. The second kappa shape index (κ2) is 8.43. The number of nitrogens with one attached hydrogen (secondary N) is 2. The van der Waals surface area contributed by atoms with Crippen molar-refractivity contribution in [1.29, 1.82) is 0 Å². The van der Waals surface area contributed by atoms with Crippen LogP contribution in [0.5, 0.6) is 5.75 Å². The third kappa shape index (κ3) is 5.36. The van der Waals surface area contributed by atoms with Crippen LogP contribution in [-0.4, -0.2) is 26.4 Å². The standard InChI is InChI=1S/C17H17N3O6S/c1-12-3-9-15(11-16(12)20(22)23)27(24,25)19-18-17(21)10-6-13-4-7-14(26-2)8-5-13/h3-11,19H,1-2H3,(H,18,21)/b10-6+. The molecule has 0 aliphatic rings. The summed E-state index contributed by atoms with van der Waals surface area (Å²) in [5, 5.41) is 10.9. The Balaban J connectivity index is 2.03. The highest BCUT2D eigenvalue weighted by molar-refractivity contribution is 7.89.